The van der Waals surface area contributed by atoms with Crippen LogP contribution in [0.15, 0.2) is 66.7 Å². The number of carbonyl (C=O) groups excluding carboxylic acids is 1. The summed E-state index contributed by atoms with van der Waals surface area (Å²) < 4.78 is 31.0. The number of hydrogen-bond donors (Lipinski definition) is 1. The summed E-state index contributed by atoms with van der Waals surface area (Å²) in [7, 11) is 3.04. The van der Waals surface area contributed by atoms with E-state index in [4.69, 9.17) is 14.2 Å². The fourth-order valence-corrected chi connectivity index (χ4v) is 3.32. The maximum atomic E-state index is 13.4. The molecule has 0 aliphatic rings. The van der Waals surface area contributed by atoms with E-state index >= 15 is 0 Å². The Kier molecular flexibility index (Phi) is 6.72. The summed E-state index contributed by atoms with van der Waals surface area (Å²) in [6, 6.07) is 18.3. The van der Waals surface area contributed by atoms with Crippen LogP contribution in [0.5, 0.6) is 17.5 Å². The van der Waals surface area contributed by atoms with Crippen molar-refractivity contribution in [2.24, 2.45) is 0 Å². The monoisotopic (exact) mass is 462 g/mol. The smallest absolute Gasteiger partial charge is 0.336 e. The molecule has 0 saturated heterocycles. The van der Waals surface area contributed by atoms with Crippen molar-refractivity contribution in [3.63, 3.8) is 0 Å². The Morgan fingerprint density at radius 2 is 1.74 bits per heavy atom. The van der Waals surface area contributed by atoms with Gasteiger partial charge < -0.3 is 19.5 Å². The number of rotatable bonds is 8. The van der Waals surface area contributed by atoms with Crippen LogP contribution in [0.3, 0.4) is 0 Å². The SMILES string of the molecule is CCOc1nc(-c2ccc(F)cc2)n(-c2ccc(NC(=O)c3ccc(OC)cc3OC)cc2)n1. The summed E-state index contributed by atoms with van der Waals surface area (Å²) in [5.41, 5.74) is 2.34. The first-order valence-electron chi connectivity index (χ1n) is 10.5. The van der Waals surface area contributed by atoms with Crippen molar-refractivity contribution in [2.75, 3.05) is 26.1 Å². The maximum Gasteiger partial charge on any atom is 0.336 e. The molecule has 1 N–H and O–H groups in total. The first-order valence-corrected chi connectivity index (χ1v) is 10.5. The highest BCUT2D eigenvalue weighted by molar-refractivity contribution is 6.06. The standard InChI is InChI=1S/C25H23FN4O4/c1-4-34-25-28-23(16-5-7-17(26)8-6-16)30(29-25)19-11-9-18(10-12-19)27-24(31)21-14-13-20(32-2)15-22(21)33-3/h5-15H,4H2,1-3H3,(H,27,31). The third-order valence-corrected chi connectivity index (χ3v) is 4.99. The Morgan fingerprint density at radius 1 is 1.00 bits per heavy atom. The summed E-state index contributed by atoms with van der Waals surface area (Å²) in [5, 5.41) is 7.28. The van der Waals surface area contributed by atoms with Crippen molar-refractivity contribution in [3.8, 4) is 34.6 Å². The van der Waals surface area contributed by atoms with Crippen molar-refractivity contribution >= 4 is 11.6 Å². The lowest BCUT2D eigenvalue weighted by atomic mass is 10.1. The molecule has 0 aliphatic heterocycles. The number of amides is 1. The Bertz CT molecular complexity index is 1290. The van der Waals surface area contributed by atoms with E-state index in [1.807, 2.05) is 6.92 Å². The van der Waals surface area contributed by atoms with E-state index in [0.29, 0.717) is 46.4 Å². The molecule has 0 bridgehead atoms. The lowest BCUT2D eigenvalue weighted by molar-refractivity contribution is 0.102. The largest absolute Gasteiger partial charge is 0.497 e. The van der Waals surface area contributed by atoms with Gasteiger partial charge in [0.1, 0.15) is 17.3 Å². The van der Waals surface area contributed by atoms with E-state index in [1.165, 1.54) is 19.2 Å². The van der Waals surface area contributed by atoms with Gasteiger partial charge in [0.15, 0.2) is 5.82 Å². The molecule has 174 valence electrons. The van der Waals surface area contributed by atoms with Crippen LogP contribution < -0.4 is 19.5 Å². The number of hydrogen-bond acceptors (Lipinski definition) is 6. The predicted octanol–water partition coefficient (Wildman–Crippen LogP) is 4.74. The van der Waals surface area contributed by atoms with Gasteiger partial charge in [0.05, 0.1) is 32.1 Å². The minimum atomic E-state index is -0.339. The van der Waals surface area contributed by atoms with Crippen LogP contribution in [0.4, 0.5) is 10.1 Å². The number of ether oxygens (including phenoxy) is 3. The van der Waals surface area contributed by atoms with Gasteiger partial charge in [-0.05, 0) is 67.6 Å². The number of carbonyl (C=O) groups is 1. The zero-order chi connectivity index (χ0) is 24.1. The van der Waals surface area contributed by atoms with Crippen LogP contribution in [0.25, 0.3) is 17.1 Å². The number of anilines is 1. The fraction of sp³-hybridized carbons (Fsp3) is 0.160. The summed E-state index contributed by atoms with van der Waals surface area (Å²) in [4.78, 5) is 17.2. The first kappa shape index (κ1) is 22.8. The molecule has 1 heterocycles. The fourth-order valence-electron chi connectivity index (χ4n) is 3.32. The molecule has 0 aliphatic carbocycles. The molecule has 3 aromatic carbocycles. The van der Waals surface area contributed by atoms with Crippen molar-refractivity contribution in [1.29, 1.82) is 0 Å². The molecule has 4 aromatic rings. The molecule has 0 saturated carbocycles. The second-order valence-corrected chi connectivity index (χ2v) is 7.14. The molecule has 0 atom stereocenters. The van der Waals surface area contributed by atoms with Crippen LogP contribution in [0.1, 0.15) is 17.3 Å². The highest BCUT2D eigenvalue weighted by Gasteiger charge is 2.16. The van der Waals surface area contributed by atoms with Gasteiger partial charge in [-0.1, -0.05) is 0 Å². The summed E-state index contributed by atoms with van der Waals surface area (Å²) >= 11 is 0. The van der Waals surface area contributed by atoms with E-state index in [0.717, 1.165) is 0 Å². The number of methoxy groups -OCH3 is 2. The number of benzene rings is 3. The van der Waals surface area contributed by atoms with Crippen LogP contribution in [0.2, 0.25) is 0 Å². The van der Waals surface area contributed by atoms with Crippen LogP contribution in [0, 0.1) is 5.82 Å². The number of nitrogens with zero attached hydrogens (tertiary/aromatic N) is 3. The van der Waals surface area contributed by atoms with Crippen LogP contribution in [-0.2, 0) is 0 Å². The second kappa shape index (κ2) is 10.0. The first-order chi connectivity index (χ1) is 16.5. The van der Waals surface area contributed by atoms with Crippen LogP contribution >= 0.6 is 0 Å². The molecule has 8 nitrogen and oxygen atoms in total. The van der Waals surface area contributed by atoms with Gasteiger partial charge in [-0.15, -0.1) is 5.10 Å². The molecule has 4 rings (SSSR count). The van der Waals surface area contributed by atoms with E-state index in [9.17, 15) is 9.18 Å². The van der Waals surface area contributed by atoms with Crippen molar-refractivity contribution in [2.45, 2.75) is 6.92 Å². The average molecular weight is 462 g/mol. The van der Waals surface area contributed by atoms with E-state index in [2.05, 4.69) is 15.4 Å². The van der Waals surface area contributed by atoms with Gasteiger partial charge >= 0.3 is 6.01 Å². The molecular formula is C25H23FN4O4. The quantitative estimate of drug-likeness (QED) is 0.407. The third kappa shape index (κ3) is 4.83. The molecule has 1 amide bonds. The van der Waals surface area contributed by atoms with Crippen LogP contribution in [-0.4, -0.2) is 41.5 Å². The van der Waals surface area contributed by atoms with Gasteiger partial charge in [0, 0.05) is 17.3 Å². The molecule has 0 radical (unpaired) electrons. The lowest BCUT2D eigenvalue weighted by Gasteiger charge is -2.11. The number of nitrogens with one attached hydrogen (secondary N) is 1. The summed E-state index contributed by atoms with van der Waals surface area (Å²) in [6.07, 6.45) is 0. The Labute approximate surface area is 195 Å². The minimum Gasteiger partial charge on any atom is -0.497 e. The minimum absolute atomic E-state index is 0.214. The molecule has 0 spiro atoms. The summed E-state index contributed by atoms with van der Waals surface area (Å²) in [5.74, 6) is 0.840. The van der Waals surface area contributed by atoms with Gasteiger partial charge in [-0.25, -0.2) is 9.07 Å². The Morgan fingerprint density at radius 3 is 2.38 bits per heavy atom. The molecule has 1 aromatic heterocycles. The van der Waals surface area contributed by atoms with E-state index in [-0.39, 0.29) is 17.7 Å². The zero-order valence-electron chi connectivity index (χ0n) is 18.9. The topological polar surface area (TPSA) is 87.5 Å². The number of aromatic nitrogens is 3. The van der Waals surface area contributed by atoms with E-state index < -0.39 is 0 Å². The van der Waals surface area contributed by atoms with Crippen molar-refractivity contribution in [3.05, 3.63) is 78.1 Å². The average Bonchev–Trinajstić information content (AvgIpc) is 3.28. The molecule has 0 fully saturated rings. The molecule has 9 heteroatoms. The highest BCUT2D eigenvalue weighted by atomic mass is 19.1. The highest BCUT2D eigenvalue weighted by Crippen LogP contribution is 2.27. The van der Waals surface area contributed by atoms with E-state index in [1.54, 1.807) is 66.4 Å². The van der Waals surface area contributed by atoms with Gasteiger partial charge in [0.25, 0.3) is 5.91 Å². The predicted molar refractivity (Wildman–Crippen MR) is 125 cm³/mol. The van der Waals surface area contributed by atoms with Gasteiger partial charge in [-0.2, -0.15) is 4.98 Å². The Balaban J connectivity index is 1.59. The Hall–Kier alpha value is -4.40. The van der Waals surface area contributed by atoms with Crippen molar-refractivity contribution < 1.29 is 23.4 Å². The molecular weight excluding hydrogens is 439 g/mol. The third-order valence-electron chi connectivity index (χ3n) is 4.99. The maximum absolute atomic E-state index is 13.4. The normalized spacial score (nSPS) is 10.6. The zero-order valence-corrected chi connectivity index (χ0v) is 18.9. The second-order valence-electron chi connectivity index (χ2n) is 7.14. The van der Waals surface area contributed by atoms with Gasteiger partial charge in [0.2, 0.25) is 0 Å². The lowest BCUT2D eigenvalue weighted by Crippen LogP contribution is -2.13. The molecule has 34 heavy (non-hydrogen) atoms. The molecule has 0 unspecified atom stereocenters. The van der Waals surface area contributed by atoms with Crippen molar-refractivity contribution in [1.82, 2.24) is 14.8 Å². The number of halogens is 1. The van der Waals surface area contributed by atoms with Gasteiger partial charge in [-0.3, -0.25) is 4.79 Å². The summed E-state index contributed by atoms with van der Waals surface area (Å²) in [6.45, 7) is 2.25.